The van der Waals surface area contributed by atoms with Gasteiger partial charge in [0.05, 0.1) is 11.3 Å². The van der Waals surface area contributed by atoms with Gasteiger partial charge in [0.25, 0.3) is 11.8 Å². The van der Waals surface area contributed by atoms with Crippen molar-refractivity contribution in [2.75, 3.05) is 13.1 Å². The van der Waals surface area contributed by atoms with E-state index >= 15 is 0 Å². The number of pyridine rings is 1. The highest BCUT2D eigenvalue weighted by Crippen LogP contribution is 2.28. The fourth-order valence-corrected chi connectivity index (χ4v) is 3.20. The van der Waals surface area contributed by atoms with Crippen LogP contribution in [0.1, 0.15) is 44.9 Å². The zero-order valence-corrected chi connectivity index (χ0v) is 15.3. The summed E-state index contributed by atoms with van der Waals surface area (Å²) < 4.78 is 38.2. The second-order valence-corrected chi connectivity index (χ2v) is 6.73. The molecule has 1 aliphatic heterocycles. The molecule has 28 heavy (non-hydrogen) atoms. The number of benzene rings is 1. The third kappa shape index (κ3) is 4.49. The maximum absolute atomic E-state index is 12.7. The molecular formula is C20H20F3N3O2. The van der Waals surface area contributed by atoms with Gasteiger partial charge in [0, 0.05) is 24.7 Å². The Hall–Kier alpha value is -2.90. The molecule has 1 aromatic carbocycles. The predicted octanol–water partition coefficient (Wildman–Crippen LogP) is 3.44. The third-order valence-electron chi connectivity index (χ3n) is 4.76. The SMILES string of the molecule is Cc1nc(C(F)(F)F)ccc1C(=O)N1CCC(NC(=O)c2ccccc2)CC1. The van der Waals surface area contributed by atoms with E-state index in [1.807, 2.05) is 6.07 Å². The zero-order valence-electron chi connectivity index (χ0n) is 15.3. The number of piperidine rings is 1. The number of rotatable bonds is 3. The summed E-state index contributed by atoms with van der Waals surface area (Å²) in [5.41, 5.74) is -0.213. The van der Waals surface area contributed by atoms with Gasteiger partial charge in [-0.2, -0.15) is 13.2 Å². The first kappa shape index (κ1) is 19.9. The number of nitrogens with one attached hydrogen (secondary N) is 1. The van der Waals surface area contributed by atoms with Crippen LogP contribution < -0.4 is 5.32 Å². The van der Waals surface area contributed by atoms with Crippen molar-refractivity contribution in [3.05, 3.63) is 65.0 Å². The molecule has 148 valence electrons. The standard InChI is InChI=1S/C20H20F3N3O2/c1-13-16(7-8-17(24-13)20(21,22)23)19(28)26-11-9-15(10-12-26)25-18(27)14-5-3-2-4-6-14/h2-8,15H,9-12H2,1H3,(H,25,27). The van der Waals surface area contributed by atoms with Crippen LogP contribution in [-0.2, 0) is 6.18 Å². The van der Waals surface area contributed by atoms with Crippen LogP contribution in [0.3, 0.4) is 0 Å². The van der Waals surface area contributed by atoms with Crippen LogP contribution in [0.2, 0.25) is 0 Å². The Kier molecular flexibility index (Phi) is 5.67. The fourth-order valence-electron chi connectivity index (χ4n) is 3.20. The molecule has 5 nitrogen and oxygen atoms in total. The molecule has 1 N–H and O–H groups in total. The summed E-state index contributed by atoms with van der Waals surface area (Å²) in [6, 6.07) is 10.8. The van der Waals surface area contributed by atoms with Crippen molar-refractivity contribution in [2.45, 2.75) is 32.0 Å². The van der Waals surface area contributed by atoms with Crippen molar-refractivity contribution in [3.8, 4) is 0 Å². The molecule has 0 aliphatic carbocycles. The van der Waals surface area contributed by atoms with Gasteiger partial charge in [0.1, 0.15) is 5.69 Å². The summed E-state index contributed by atoms with van der Waals surface area (Å²) in [5, 5.41) is 2.96. The number of halogens is 3. The molecule has 2 heterocycles. The Bertz CT molecular complexity index is 861. The largest absolute Gasteiger partial charge is 0.433 e. The highest BCUT2D eigenvalue weighted by Gasteiger charge is 2.33. The maximum atomic E-state index is 12.7. The summed E-state index contributed by atoms with van der Waals surface area (Å²) in [6.07, 6.45) is -3.38. The van der Waals surface area contributed by atoms with E-state index in [0.29, 0.717) is 31.5 Å². The third-order valence-corrected chi connectivity index (χ3v) is 4.76. The van der Waals surface area contributed by atoms with Gasteiger partial charge >= 0.3 is 6.18 Å². The normalized spacial score (nSPS) is 15.4. The molecule has 0 atom stereocenters. The Morgan fingerprint density at radius 3 is 2.29 bits per heavy atom. The van der Waals surface area contributed by atoms with E-state index in [1.165, 1.54) is 13.0 Å². The van der Waals surface area contributed by atoms with Gasteiger partial charge < -0.3 is 10.2 Å². The van der Waals surface area contributed by atoms with Gasteiger partial charge in [0.15, 0.2) is 0 Å². The molecule has 0 bridgehead atoms. The number of hydrogen-bond acceptors (Lipinski definition) is 3. The molecule has 1 saturated heterocycles. The first-order valence-electron chi connectivity index (χ1n) is 8.96. The molecule has 1 fully saturated rings. The van der Waals surface area contributed by atoms with Crippen molar-refractivity contribution < 1.29 is 22.8 Å². The summed E-state index contributed by atoms with van der Waals surface area (Å²) in [5.74, 6) is -0.500. The predicted molar refractivity (Wildman–Crippen MR) is 96.8 cm³/mol. The molecule has 8 heteroatoms. The quantitative estimate of drug-likeness (QED) is 0.872. The molecular weight excluding hydrogens is 371 g/mol. The van der Waals surface area contributed by atoms with E-state index in [4.69, 9.17) is 0 Å². The van der Waals surface area contributed by atoms with Crippen molar-refractivity contribution in [1.82, 2.24) is 15.2 Å². The Balaban J connectivity index is 1.59. The summed E-state index contributed by atoms with van der Waals surface area (Å²) >= 11 is 0. The van der Waals surface area contributed by atoms with E-state index in [2.05, 4.69) is 10.3 Å². The van der Waals surface area contributed by atoms with Gasteiger partial charge in [-0.3, -0.25) is 9.59 Å². The Labute approximate surface area is 160 Å². The number of carbonyl (C=O) groups excluding carboxylic acids is 2. The molecule has 1 aromatic heterocycles. The minimum absolute atomic E-state index is 0.0522. The lowest BCUT2D eigenvalue weighted by atomic mass is 10.0. The van der Waals surface area contributed by atoms with Crippen LogP contribution in [-0.4, -0.2) is 40.8 Å². The van der Waals surface area contributed by atoms with Gasteiger partial charge in [-0.1, -0.05) is 18.2 Å². The first-order chi connectivity index (χ1) is 13.3. The van der Waals surface area contributed by atoms with Gasteiger partial charge in [-0.05, 0) is 44.0 Å². The molecule has 1 aliphatic rings. The van der Waals surface area contributed by atoms with E-state index in [-0.39, 0.29) is 29.1 Å². The van der Waals surface area contributed by atoms with Crippen LogP contribution in [0, 0.1) is 6.92 Å². The lowest BCUT2D eigenvalue weighted by Crippen LogP contribution is -2.46. The minimum Gasteiger partial charge on any atom is -0.349 e. The monoisotopic (exact) mass is 391 g/mol. The number of hydrogen-bond donors (Lipinski definition) is 1. The number of likely N-dealkylation sites (tertiary alicyclic amines) is 1. The Morgan fingerprint density at radius 1 is 1.07 bits per heavy atom. The van der Waals surface area contributed by atoms with E-state index < -0.39 is 11.9 Å². The first-order valence-corrected chi connectivity index (χ1v) is 8.96. The maximum Gasteiger partial charge on any atom is 0.433 e. The second-order valence-electron chi connectivity index (χ2n) is 6.73. The molecule has 2 amide bonds. The van der Waals surface area contributed by atoms with Crippen LogP contribution in [0.4, 0.5) is 13.2 Å². The lowest BCUT2D eigenvalue weighted by molar-refractivity contribution is -0.141. The van der Waals surface area contributed by atoms with Gasteiger partial charge in [-0.15, -0.1) is 0 Å². The van der Waals surface area contributed by atoms with E-state index in [1.54, 1.807) is 29.2 Å². The van der Waals surface area contributed by atoms with Crippen molar-refractivity contribution in [1.29, 1.82) is 0 Å². The molecule has 0 spiro atoms. The summed E-state index contributed by atoms with van der Waals surface area (Å²) in [6.45, 7) is 2.23. The Morgan fingerprint density at radius 2 is 1.71 bits per heavy atom. The van der Waals surface area contributed by atoms with Gasteiger partial charge in [-0.25, -0.2) is 4.98 Å². The fraction of sp³-hybridized carbons (Fsp3) is 0.350. The number of aryl methyl sites for hydroxylation is 1. The minimum atomic E-state index is -4.54. The molecule has 2 aromatic rings. The summed E-state index contributed by atoms with van der Waals surface area (Å²) in [7, 11) is 0. The van der Waals surface area contributed by atoms with Crippen LogP contribution in [0.15, 0.2) is 42.5 Å². The molecule has 0 saturated carbocycles. The van der Waals surface area contributed by atoms with Crippen molar-refractivity contribution >= 4 is 11.8 Å². The zero-order chi connectivity index (χ0) is 20.3. The van der Waals surface area contributed by atoms with Gasteiger partial charge in [0.2, 0.25) is 0 Å². The second kappa shape index (κ2) is 8.00. The number of aromatic nitrogens is 1. The topological polar surface area (TPSA) is 62.3 Å². The number of alkyl halides is 3. The number of amides is 2. The number of carbonyl (C=O) groups is 2. The van der Waals surface area contributed by atoms with Crippen LogP contribution in [0.25, 0.3) is 0 Å². The average molecular weight is 391 g/mol. The van der Waals surface area contributed by atoms with E-state index in [9.17, 15) is 22.8 Å². The van der Waals surface area contributed by atoms with Crippen molar-refractivity contribution in [3.63, 3.8) is 0 Å². The molecule has 0 radical (unpaired) electrons. The van der Waals surface area contributed by atoms with Crippen LogP contribution >= 0.6 is 0 Å². The number of nitrogens with zero attached hydrogens (tertiary/aromatic N) is 2. The highest BCUT2D eigenvalue weighted by molar-refractivity contribution is 5.95. The van der Waals surface area contributed by atoms with Crippen molar-refractivity contribution in [2.24, 2.45) is 0 Å². The summed E-state index contributed by atoms with van der Waals surface area (Å²) in [4.78, 5) is 30.0. The van der Waals surface area contributed by atoms with Crippen LogP contribution in [0.5, 0.6) is 0 Å². The van der Waals surface area contributed by atoms with E-state index in [0.717, 1.165) is 6.07 Å². The lowest BCUT2D eigenvalue weighted by Gasteiger charge is -2.32. The average Bonchev–Trinajstić information content (AvgIpc) is 2.68. The smallest absolute Gasteiger partial charge is 0.349 e. The molecule has 0 unspecified atom stereocenters. The molecule has 3 rings (SSSR count). The highest BCUT2D eigenvalue weighted by atomic mass is 19.4.